The normalized spacial score (nSPS) is 21.3. The summed E-state index contributed by atoms with van der Waals surface area (Å²) in [7, 11) is 3.83. The molecule has 0 bridgehead atoms. The quantitative estimate of drug-likeness (QED) is 0.725. The van der Waals surface area contributed by atoms with Gasteiger partial charge in [0.15, 0.2) is 0 Å². The molecule has 1 aliphatic heterocycles. The molecule has 1 rings (SSSR count). The Morgan fingerprint density at radius 2 is 2.24 bits per heavy atom. The number of nitrogens with one attached hydrogen (secondary N) is 1. The van der Waals surface area contributed by atoms with Crippen molar-refractivity contribution in [2.45, 2.75) is 26.0 Å². The molecule has 0 aromatic heterocycles. The number of carbonyl (C=O) groups excluding carboxylic acids is 1. The Labute approximate surface area is 104 Å². The number of ether oxygens (including phenoxy) is 1. The van der Waals surface area contributed by atoms with Crippen LogP contribution in [-0.4, -0.2) is 74.7 Å². The van der Waals surface area contributed by atoms with Crippen molar-refractivity contribution in [1.29, 1.82) is 0 Å². The fraction of sp³-hybridized carbons (Fsp3) is 0.917. The fourth-order valence-electron chi connectivity index (χ4n) is 1.81. The van der Waals surface area contributed by atoms with Gasteiger partial charge in [-0.05, 0) is 14.1 Å². The van der Waals surface area contributed by atoms with Gasteiger partial charge in [0.1, 0.15) is 0 Å². The molecule has 1 atom stereocenters. The number of morpholine rings is 1. The van der Waals surface area contributed by atoms with Gasteiger partial charge >= 0.3 is 0 Å². The molecular formula is C12H25N3O2. The lowest BCUT2D eigenvalue weighted by atomic mass is 10.2. The van der Waals surface area contributed by atoms with Gasteiger partial charge in [0, 0.05) is 25.7 Å². The highest BCUT2D eigenvalue weighted by Crippen LogP contribution is 2.05. The van der Waals surface area contributed by atoms with E-state index in [2.05, 4.69) is 19.2 Å². The van der Waals surface area contributed by atoms with Crippen LogP contribution in [0.1, 0.15) is 13.8 Å². The first-order valence-electron chi connectivity index (χ1n) is 6.26. The summed E-state index contributed by atoms with van der Waals surface area (Å²) in [6.45, 7) is 7.56. The van der Waals surface area contributed by atoms with E-state index in [1.165, 1.54) is 0 Å². The van der Waals surface area contributed by atoms with E-state index in [1.807, 2.05) is 23.9 Å². The van der Waals surface area contributed by atoms with Gasteiger partial charge in [0.05, 0.1) is 19.3 Å². The number of likely N-dealkylation sites (N-methyl/N-ethyl adjacent to an activating group) is 1. The van der Waals surface area contributed by atoms with Crippen molar-refractivity contribution >= 4 is 5.91 Å². The zero-order chi connectivity index (χ0) is 12.8. The lowest BCUT2D eigenvalue weighted by Crippen LogP contribution is -2.51. The highest BCUT2D eigenvalue weighted by atomic mass is 16.5. The molecule has 1 saturated heterocycles. The molecule has 0 saturated carbocycles. The number of hydrogen-bond acceptors (Lipinski definition) is 4. The van der Waals surface area contributed by atoms with E-state index in [1.54, 1.807) is 0 Å². The highest BCUT2D eigenvalue weighted by molar-refractivity contribution is 5.78. The molecule has 0 radical (unpaired) electrons. The van der Waals surface area contributed by atoms with Crippen LogP contribution in [0.15, 0.2) is 0 Å². The number of rotatable bonds is 5. The van der Waals surface area contributed by atoms with Crippen LogP contribution < -0.4 is 5.32 Å². The molecule has 0 spiro atoms. The Bertz CT molecular complexity index is 244. The summed E-state index contributed by atoms with van der Waals surface area (Å²) in [4.78, 5) is 15.7. The minimum Gasteiger partial charge on any atom is -0.373 e. The molecule has 17 heavy (non-hydrogen) atoms. The summed E-state index contributed by atoms with van der Waals surface area (Å²) in [6, 6.07) is 0.450. The van der Waals surface area contributed by atoms with Crippen LogP contribution in [0, 0.1) is 0 Å². The molecule has 5 heteroatoms. The molecule has 1 N–H and O–H groups in total. The summed E-state index contributed by atoms with van der Waals surface area (Å²) in [5, 5.41) is 3.34. The van der Waals surface area contributed by atoms with Crippen molar-refractivity contribution in [1.82, 2.24) is 15.1 Å². The first-order valence-corrected chi connectivity index (χ1v) is 6.26. The second-order valence-electron chi connectivity index (χ2n) is 5.13. The van der Waals surface area contributed by atoms with E-state index >= 15 is 0 Å². The molecule has 1 unspecified atom stereocenters. The molecule has 1 fully saturated rings. The Balaban J connectivity index is 2.35. The fourth-order valence-corrected chi connectivity index (χ4v) is 1.81. The maximum Gasteiger partial charge on any atom is 0.236 e. The van der Waals surface area contributed by atoms with Crippen LogP contribution in [0.3, 0.4) is 0 Å². The molecule has 0 aliphatic carbocycles. The molecule has 100 valence electrons. The van der Waals surface area contributed by atoms with Crippen molar-refractivity contribution < 1.29 is 9.53 Å². The Hall–Kier alpha value is -0.650. The molecule has 1 heterocycles. The Morgan fingerprint density at radius 1 is 1.53 bits per heavy atom. The third-order valence-electron chi connectivity index (χ3n) is 2.70. The maximum absolute atomic E-state index is 11.9. The average molecular weight is 243 g/mol. The van der Waals surface area contributed by atoms with Crippen LogP contribution in [0.2, 0.25) is 0 Å². The van der Waals surface area contributed by atoms with E-state index in [-0.39, 0.29) is 12.0 Å². The summed E-state index contributed by atoms with van der Waals surface area (Å²) in [5.74, 6) is 0.188. The molecule has 1 aliphatic rings. The zero-order valence-corrected chi connectivity index (χ0v) is 11.4. The third-order valence-corrected chi connectivity index (χ3v) is 2.70. The van der Waals surface area contributed by atoms with E-state index in [0.29, 0.717) is 32.3 Å². The molecule has 5 nitrogen and oxygen atoms in total. The van der Waals surface area contributed by atoms with E-state index in [9.17, 15) is 4.79 Å². The maximum atomic E-state index is 11.9. The van der Waals surface area contributed by atoms with Gasteiger partial charge in [-0.15, -0.1) is 0 Å². The van der Waals surface area contributed by atoms with Crippen molar-refractivity contribution in [3.8, 4) is 0 Å². The first-order chi connectivity index (χ1) is 7.99. The van der Waals surface area contributed by atoms with E-state index < -0.39 is 0 Å². The molecule has 1 amide bonds. The SMILES string of the molecule is CC(C)NCC1CN(C(=O)CN(C)C)CCO1. The summed E-state index contributed by atoms with van der Waals surface area (Å²) in [6.07, 6.45) is 0.122. The number of hydrogen-bond donors (Lipinski definition) is 1. The average Bonchev–Trinajstić information content (AvgIpc) is 2.26. The van der Waals surface area contributed by atoms with Crippen LogP contribution in [0.4, 0.5) is 0 Å². The van der Waals surface area contributed by atoms with Gasteiger partial charge in [-0.1, -0.05) is 13.8 Å². The van der Waals surface area contributed by atoms with Crippen LogP contribution in [0.25, 0.3) is 0 Å². The van der Waals surface area contributed by atoms with Gasteiger partial charge in [-0.3, -0.25) is 4.79 Å². The summed E-state index contributed by atoms with van der Waals surface area (Å²) < 4.78 is 5.64. The third kappa shape index (κ3) is 5.48. The van der Waals surface area contributed by atoms with E-state index in [0.717, 1.165) is 6.54 Å². The Kier molecular flexibility index (Phi) is 5.88. The van der Waals surface area contributed by atoms with Crippen molar-refractivity contribution in [3.05, 3.63) is 0 Å². The monoisotopic (exact) mass is 243 g/mol. The standard InChI is InChI=1S/C12H25N3O2/c1-10(2)13-7-11-8-15(5-6-17-11)12(16)9-14(3)4/h10-11,13H,5-9H2,1-4H3. The predicted octanol–water partition coefficient (Wildman–Crippen LogP) is -0.227. The largest absolute Gasteiger partial charge is 0.373 e. The predicted molar refractivity (Wildman–Crippen MR) is 68.0 cm³/mol. The minimum absolute atomic E-state index is 0.122. The Morgan fingerprint density at radius 3 is 2.82 bits per heavy atom. The highest BCUT2D eigenvalue weighted by Gasteiger charge is 2.24. The molecular weight excluding hydrogens is 218 g/mol. The summed E-state index contributed by atoms with van der Waals surface area (Å²) >= 11 is 0. The van der Waals surface area contributed by atoms with Gasteiger partial charge in [0.2, 0.25) is 5.91 Å². The lowest BCUT2D eigenvalue weighted by Gasteiger charge is -2.34. The lowest BCUT2D eigenvalue weighted by molar-refractivity contribution is -0.139. The second kappa shape index (κ2) is 6.93. The molecule has 0 aromatic carbocycles. The van der Waals surface area contributed by atoms with Crippen molar-refractivity contribution in [3.63, 3.8) is 0 Å². The van der Waals surface area contributed by atoms with E-state index in [4.69, 9.17) is 4.74 Å². The second-order valence-corrected chi connectivity index (χ2v) is 5.13. The number of carbonyl (C=O) groups is 1. The topological polar surface area (TPSA) is 44.8 Å². The van der Waals surface area contributed by atoms with Gasteiger partial charge in [-0.2, -0.15) is 0 Å². The smallest absolute Gasteiger partial charge is 0.236 e. The first kappa shape index (κ1) is 14.4. The van der Waals surface area contributed by atoms with Crippen LogP contribution in [-0.2, 0) is 9.53 Å². The van der Waals surface area contributed by atoms with Gasteiger partial charge in [-0.25, -0.2) is 0 Å². The van der Waals surface area contributed by atoms with Crippen LogP contribution >= 0.6 is 0 Å². The number of nitrogens with zero attached hydrogens (tertiary/aromatic N) is 2. The van der Waals surface area contributed by atoms with Crippen molar-refractivity contribution in [2.24, 2.45) is 0 Å². The molecule has 0 aromatic rings. The van der Waals surface area contributed by atoms with Gasteiger partial charge in [0.25, 0.3) is 0 Å². The zero-order valence-electron chi connectivity index (χ0n) is 11.4. The minimum atomic E-state index is 0.122. The van der Waals surface area contributed by atoms with Crippen LogP contribution in [0.5, 0.6) is 0 Å². The van der Waals surface area contributed by atoms with Gasteiger partial charge < -0.3 is 19.9 Å². The summed E-state index contributed by atoms with van der Waals surface area (Å²) in [5.41, 5.74) is 0. The number of amides is 1. The van der Waals surface area contributed by atoms with Crippen molar-refractivity contribution in [2.75, 3.05) is 46.9 Å².